The largest absolute Gasteiger partial charge is 0.325 e. The van der Waals surface area contributed by atoms with Crippen LogP contribution in [0.15, 0.2) is 47.4 Å². The molecule has 0 aromatic heterocycles. The molecule has 3 rings (SSSR count). The van der Waals surface area contributed by atoms with Crippen LogP contribution in [0, 0.1) is 17.4 Å². The van der Waals surface area contributed by atoms with E-state index in [0.29, 0.717) is 10.6 Å². The van der Waals surface area contributed by atoms with Crippen LogP contribution in [0.25, 0.3) is 6.08 Å². The third-order valence-corrected chi connectivity index (χ3v) is 6.05. The van der Waals surface area contributed by atoms with Gasteiger partial charge in [-0.2, -0.15) is 0 Å². The average molecular weight is 492 g/mol. The van der Waals surface area contributed by atoms with Crippen molar-refractivity contribution in [3.63, 3.8) is 0 Å². The maximum absolute atomic E-state index is 12.6. The molecule has 1 aliphatic heterocycles. The number of nitrogens with zero attached hydrogens (tertiary/aromatic N) is 1. The summed E-state index contributed by atoms with van der Waals surface area (Å²) in [5.74, 6) is -0.851. The third kappa shape index (κ3) is 4.59. The van der Waals surface area contributed by atoms with Gasteiger partial charge < -0.3 is 5.32 Å². The predicted molar refractivity (Wildman–Crippen MR) is 116 cm³/mol. The van der Waals surface area contributed by atoms with E-state index in [0.717, 1.165) is 36.9 Å². The molecule has 1 N–H and O–H groups in total. The minimum atomic E-state index is -0.445. The lowest BCUT2D eigenvalue weighted by Gasteiger charge is -2.13. The van der Waals surface area contributed by atoms with E-state index < -0.39 is 17.1 Å². The van der Waals surface area contributed by atoms with Gasteiger partial charge in [0.15, 0.2) is 0 Å². The van der Waals surface area contributed by atoms with Crippen LogP contribution < -0.4 is 5.32 Å². The van der Waals surface area contributed by atoms with Gasteiger partial charge in [0, 0.05) is 9.26 Å². The van der Waals surface area contributed by atoms with Crippen molar-refractivity contribution in [2.75, 3.05) is 11.9 Å². The Bertz CT molecular complexity index is 971. The summed E-state index contributed by atoms with van der Waals surface area (Å²) in [5, 5.41) is 2.30. The molecule has 0 aliphatic carbocycles. The number of aryl methyl sites for hydroxylation is 2. The first-order valence-corrected chi connectivity index (χ1v) is 10.1. The molecule has 1 aliphatic rings. The molecule has 0 saturated carbocycles. The molecule has 0 bridgehead atoms. The highest BCUT2D eigenvalue weighted by Crippen LogP contribution is 2.32. The van der Waals surface area contributed by atoms with E-state index in [1.54, 1.807) is 12.1 Å². The summed E-state index contributed by atoms with van der Waals surface area (Å²) in [6.07, 6.45) is 1.69. The Morgan fingerprint density at radius 1 is 1.15 bits per heavy atom. The number of hydrogen-bond acceptors (Lipinski definition) is 4. The van der Waals surface area contributed by atoms with Crippen LogP contribution in [0.4, 0.5) is 10.5 Å². The van der Waals surface area contributed by atoms with Crippen molar-refractivity contribution in [2.24, 2.45) is 0 Å². The second-order valence-electron chi connectivity index (χ2n) is 6.14. The molecule has 7 heteroatoms. The summed E-state index contributed by atoms with van der Waals surface area (Å²) in [4.78, 5) is 38.3. The van der Waals surface area contributed by atoms with Gasteiger partial charge in [-0.25, -0.2) is 0 Å². The number of thioether (sulfide) groups is 1. The molecule has 3 amide bonds. The number of nitrogens with one attached hydrogen (secondary N) is 1. The van der Waals surface area contributed by atoms with E-state index in [2.05, 4.69) is 27.9 Å². The zero-order valence-electron chi connectivity index (χ0n) is 14.8. The first-order valence-electron chi connectivity index (χ1n) is 8.22. The Balaban J connectivity index is 1.71. The summed E-state index contributed by atoms with van der Waals surface area (Å²) < 4.78 is 0.981. The van der Waals surface area contributed by atoms with E-state index in [4.69, 9.17) is 0 Å². The number of anilines is 1. The monoisotopic (exact) mass is 492 g/mol. The van der Waals surface area contributed by atoms with E-state index in [9.17, 15) is 14.4 Å². The van der Waals surface area contributed by atoms with Crippen LogP contribution in [-0.2, 0) is 9.59 Å². The van der Waals surface area contributed by atoms with Crippen LogP contribution in [0.1, 0.15) is 16.7 Å². The van der Waals surface area contributed by atoms with Gasteiger partial charge in [0.05, 0.1) is 4.91 Å². The second-order valence-corrected chi connectivity index (χ2v) is 8.29. The quantitative estimate of drug-likeness (QED) is 0.501. The standard InChI is InChI=1S/C20H17IN2O3S/c1-12-7-8-15(9-13(12)2)22-18(24)11-23-19(25)17(27-20(23)26)10-14-5-3-4-6-16(14)21/h3-10H,11H2,1-2H3,(H,22,24)/b17-10-. The number of benzene rings is 2. The number of imide groups is 1. The Morgan fingerprint density at radius 2 is 1.89 bits per heavy atom. The Kier molecular flexibility index (Phi) is 6.01. The fourth-order valence-electron chi connectivity index (χ4n) is 2.53. The van der Waals surface area contributed by atoms with Crippen LogP contribution in [0.2, 0.25) is 0 Å². The number of carbonyl (C=O) groups is 3. The summed E-state index contributed by atoms with van der Waals surface area (Å²) in [5.41, 5.74) is 3.69. The highest BCUT2D eigenvalue weighted by molar-refractivity contribution is 14.1. The lowest BCUT2D eigenvalue weighted by molar-refractivity contribution is -0.127. The van der Waals surface area contributed by atoms with Gasteiger partial charge in [-0.1, -0.05) is 24.3 Å². The normalized spacial score (nSPS) is 15.5. The fraction of sp³-hybridized carbons (Fsp3) is 0.150. The zero-order chi connectivity index (χ0) is 19.6. The van der Waals surface area contributed by atoms with Crippen LogP contribution in [-0.4, -0.2) is 28.5 Å². The number of hydrogen-bond donors (Lipinski definition) is 1. The summed E-state index contributed by atoms with van der Waals surface area (Å²) in [6, 6.07) is 13.1. The van der Waals surface area contributed by atoms with E-state index in [-0.39, 0.29) is 6.54 Å². The van der Waals surface area contributed by atoms with Crippen molar-refractivity contribution in [2.45, 2.75) is 13.8 Å². The van der Waals surface area contributed by atoms with Crippen molar-refractivity contribution >= 4 is 63.2 Å². The summed E-state index contributed by atoms with van der Waals surface area (Å²) >= 11 is 3.03. The fourth-order valence-corrected chi connectivity index (χ4v) is 3.91. The lowest BCUT2D eigenvalue weighted by atomic mass is 10.1. The highest BCUT2D eigenvalue weighted by Gasteiger charge is 2.36. The molecule has 1 saturated heterocycles. The number of halogens is 1. The molecule has 5 nitrogen and oxygen atoms in total. The second kappa shape index (κ2) is 8.26. The molecule has 1 heterocycles. The van der Waals surface area contributed by atoms with Crippen LogP contribution >= 0.6 is 34.4 Å². The predicted octanol–water partition coefficient (Wildman–Crippen LogP) is 4.58. The highest BCUT2D eigenvalue weighted by atomic mass is 127. The minimum absolute atomic E-state index is 0.305. The van der Waals surface area contributed by atoms with Crippen LogP contribution in [0.5, 0.6) is 0 Å². The molecular formula is C20H17IN2O3S. The van der Waals surface area contributed by atoms with Gasteiger partial charge in [-0.05, 0) is 89.2 Å². The number of amides is 3. The smallest absolute Gasteiger partial charge is 0.294 e. The van der Waals surface area contributed by atoms with Gasteiger partial charge in [0.2, 0.25) is 5.91 Å². The molecule has 1 fully saturated rings. The molecule has 0 unspecified atom stereocenters. The van der Waals surface area contributed by atoms with Gasteiger partial charge >= 0.3 is 0 Å². The molecule has 0 atom stereocenters. The van der Waals surface area contributed by atoms with Gasteiger partial charge in [0.1, 0.15) is 6.54 Å². The van der Waals surface area contributed by atoms with Crippen molar-refractivity contribution in [1.29, 1.82) is 0 Å². The SMILES string of the molecule is Cc1ccc(NC(=O)CN2C(=O)S/C(=C\c3ccccc3I)C2=O)cc1C. The lowest BCUT2D eigenvalue weighted by Crippen LogP contribution is -2.36. The number of carbonyl (C=O) groups excluding carboxylic acids is 3. The van der Waals surface area contributed by atoms with Crippen molar-refractivity contribution in [3.8, 4) is 0 Å². The van der Waals surface area contributed by atoms with Crippen molar-refractivity contribution in [1.82, 2.24) is 4.90 Å². The maximum atomic E-state index is 12.6. The first-order chi connectivity index (χ1) is 12.8. The average Bonchev–Trinajstić information content (AvgIpc) is 2.88. The van der Waals surface area contributed by atoms with Gasteiger partial charge in [-0.15, -0.1) is 0 Å². The molecule has 27 heavy (non-hydrogen) atoms. The molecule has 138 valence electrons. The molecular weight excluding hydrogens is 475 g/mol. The molecule has 0 spiro atoms. The Hall–Kier alpha value is -2.13. The zero-order valence-corrected chi connectivity index (χ0v) is 17.8. The van der Waals surface area contributed by atoms with Crippen molar-refractivity contribution < 1.29 is 14.4 Å². The topological polar surface area (TPSA) is 66.5 Å². The third-order valence-electron chi connectivity index (χ3n) is 4.16. The first kappa shape index (κ1) is 19.6. The van der Waals surface area contributed by atoms with Gasteiger partial charge in [0.25, 0.3) is 11.1 Å². The molecule has 0 radical (unpaired) electrons. The minimum Gasteiger partial charge on any atom is -0.325 e. The van der Waals surface area contributed by atoms with E-state index >= 15 is 0 Å². The Labute approximate surface area is 175 Å². The van der Waals surface area contributed by atoms with E-state index in [1.165, 1.54) is 0 Å². The molecule has 2 aromatic rings. The van der Waals surface area contributed by atoms with Crippen molar-refractivity contribution in [3.05, 3.63) is 67.6 Å². The van der Waals surface area contributed by atoms with Gasteiger partial charge in [-0.3, -0.25) is 19.3 Å². The number of rotatable bonds is 4. The maximum Gasteiger partial charge on any atom is 0.294 e. The summed E-state index contributed by atoms with van der Waals surface area (Å²) in [6.45, 7) is 3.64. The summed E-state index contributed by atoms with van der Waals surface area (Å²) in [7, 11) is 0. The van der Waals surface area contributed by atoms with Crippen LogP contribution in [0.3, 0.4) is 0 Å². The molecule has 2 aromatic carbocycles. The van der Waals surface area contributed by atoms with E-state index in [1.807, 2.05) is 50.2 Å². The Morgan fingerprint density at radius 3 is 2.59 bits per heavy atom.